The molecule has 1 aromatic carbocycles. The number of nitrogen functional groups attached to an aromatic ring is 1. The summed E-state index contributed by atoms with van der Waals surface area (Å²) in [6, 6.07) is 1.87. The number of rotatable bonds is 3. The van der Waals surface area contributed by atoms with E-state index in [9.17, 15) is 18.0 Å². The van der Waals surface area contributed by atoms with Crippen LogP contribution in [-0.2, 0) is 14.9 Å². The van der Waals surface area contributed by atoms with Crippen molar-refractivity contribution >= 4 is 33.4 Å². The zero-order valence-corrected chi connectivity index (χ0v) is 9.98. The Labute approximate surface area is 102 Å². The molecular weight excluding hydrogens is 264 g/mol. The number of anilines is 2. The number of amides is 1. The number of carboxylic acid groups (broad SMARTS) is 1. The Morgan fingerprint density at radius 2 is 1.89 bits per heavy atom. The van der Waals surface area contributed by atoms with Gasteiger partial charge in [-0.15, -0.1) is 0 Å². The number of carbonyl (C=O) groups is 2. The summed E-state index contributed by atoms with van der Waals surface area (Å²) < 4.78 is 31.0. The molecule has 98 valence electrons. The van der Waals surface area contributed by atoms with Crippen molar-refractivity contribution in [2.75, 3.05) is 11.1 Å². The second-order valence-corrected chi connectivity index (χ2v) is 4.79. The fraction of sp³-hybridized carbons (Fsp3) is 0.111. The van der Waals surface area contributed by atoms with E-state index >= 15 is 0 Å². The van der Waals surface area contributed by atoms with Crippen LogP contribution in [-0.4, -0.2) is 30.0 Å². The molecule has 1 rings (SSSR count). The first-order valence-corrected chi connectivity index (χ1v) is 5.99. The standard InChI is InChI=1S/C9H10N2O6S/c1-4(12)11-5-2-6(9(13)14)8(10)7(3-5)18(15,16)17/h2-3H,10H2,1H3,(H,11,12)(H,13,14)(H,15,16,17). The van der Waals surface area contributed by atoms with Crippen LogP contribution in [0.4, 0.5) is 11.4 Å². The maximum Gasteiger partial charge on any atom is 0.337 e. The van der Waals surface area contributed by atoms with Crippen LogP contribution in [0.1, 0.15) is 17.3 Å². The smallest absolute Gasteiger partial charge is 0.337 e. The number of hydrogen-bond acceptors (Lipinski definition) is 5. The minimum Gasteiger partial charge on any atom is -0.478 e. The zero-order valence-electron chi connectivity index (χ0n) is 9.17. The monoisotopic (exact) mass is 274 g/mol. The van der Waals surface area contributed by atoms with E-state index in [-0.39, 0.29) is 5.69 Å². The van der Waals surface area contributed by atoms with Gasteiger partial charge in [-0.2, -0.15) is 8.42 Å². The van der Waals surface area contributed by atoms with Crippen molar-refractivity contribution in [3.63, 3.8) is 0 Å². The molecule has 0 fully saturated rings. The lowest BCUT2D eigenvalue weighted by molar-refractivity contribution is -0.114. The summed E-state index contributed by atoms with van der Waals surface area (Å²) in [6.07, 6.45) is 0. The van der Waals surface area contributed by atoms with Crippen LogP contribution < -0.4 is 11.1 Å². The quantitative estimate of drug-likeness (QED) is 0.453. The Balaban J connectivity index is 3.57. The topological polar surface area (TPSA) is 147 Å². The molecular formula is C9H10N2O6S. The molecule has 0 atom stereocenters. The molecule has 1 amide bonds. The summed E-state index contributed by atoms with van der Waals surface area (Å²) in [5.41, 5.74) is 4.11. The summed E-state index contributed by atoms with van der Waals surface area (Å²) in [5, 5.41) is 11.1. The number of hydrogen-bond donors (Lipinski definition) is 4. The van der Waals surface area contributed by atoms with Crippen molar-refractivity contribution in [1.29, 1.82) is 0 Å². The summed E-state index contributed by atoms with van der Waals surface area (Å²) in [5.74, 6) is -2.01. The van der Waals surface area contributed by atoms with Gasteiger partial charge < -0.3 is 16.2 Å². The molecule has 0 radical (unpaired) electrons. The van der Waals surface area contributed by atoms with Crippen molar-refractivity contribution in [1.82, 2.24) is 0 Å². The molecule has 1 aromatic rings. The van der Waals surface area contributed by atoms with Crippen molar-refractivity contribution in [3.05, 3.63) is 17.7 Å². The predicted molar refractivity (Wildman–Crippen MR) is 61.9 cm³/mol. The minimum atomic E-state index is -4.69. The van der Waals surface area contributed by atoms with E-state index in [1.807, 2.05) is 0 Å². The highest BCUT2D eigenvalue weighted by molar-refractivity contribution is 7.86. The molecule has 0 aliphatic carbocycles. The van der Waals surface area contributed by atoms with E-state index in [2.05, 4.69) is 5.32 Å². The first-order valence-electron chi connectivity index (χ1n) is 4.55. The van der Waals surface area contributed by atoms with Crippen LogP contribution in [0, 0.1) is 0 Å². The maximum atomic E-state index is 11.0. The molecule has 0 unspecified atom stereocenters. The van der Waals surface area contributed by atoms with Gasteiger partial charge in [0.2, 0.25) is 5.91 Å². The number of nitrogens with two attached hydrogens (primary N) is 1. The number of benzene rings is 1. The largest absolute Gasteiger partial charge is 0.478 e. The Hall–Kier alpha value is -2.13. The average molecular weight is 274 g/mol. The third-order valence-corrected chi connectivity index (χ3v) is 2.86. The fourth-order valence-electron chi connectivity index (χ4n) is 1.29. The Kier molecular flexibility index (Phi) is 3.58. The molecule has 0 saturated heterocycles. The highest BCUT2D eigenvalue weighted by Gasteiger charge is 2.21. The highest BCUT2D eigenvalue weighted by atomic mass is 32.2. The Morgan fingerprint density at radius 1 is 1.33 bits per heavy atom. The van der Waals surface area contributed by atoms with Crippen LogP contribution in [0.3, 0.4) is 0 Å². The zero-order chi connectivity index (χ0) is 14.1. The number of aromatic carboxylic acids is 1. The molecule has 8 nitrogen and oxygen atoms in total. The first-order chi connectivity index (χ1) is 8.12. The molecule has 0 aromatic heterocycles. The van der Waals surface area contributed by atoms with E-state index < -0.39 is 38.1 Å². The molecule has 0 heterocycles. The van der Waals surface area contributed by atoms with Gasteiger partial charge in [-0.05, 0) is 12.1 Å². The van der Waals surface area contributed by atoms with E-state index in [0.29, 0.717) is 0 Å². The Morgan fingerprint density at radius 3 is 2.28 bits per heavy atom. The van der Waals surface area contributed by atoms with Crippen LogP contribution in [0.2, 0.25) is 0 Å². The van der Waals surface area contributed by atoms with Crippen LogP contribution >= 0.6 is 0 Å². The van der Waals surface area contributed by atoms with E-state index in [0.717, 1.165) is 19.1 Å². The number of nitrogens with one attached hydrogen (secondary N) is 1. The van der Waals surface area contributed by atoms with E-state index in [1.165, 1.54) is 0 Å². The van der Waals surface area contributed by atoms with Gasteiger partial charge in [0.15, 0.2) is 0 Å². The number of carbonyl (C=O) groups excluding carboxylic acids is 1. The highest BCUT2D eigenvalue weighted by Crippen LogP contribution is 2.27. The van der Waals surface area contributed by atoms with Gasteiger partial charge in [-0.3, -0.25) is 9.35 Å². The summed E-state index contributed by atoms with van der Waals surface area (Å²) in [4.78, 5) is 20.9. The number of carboxylic acids is 1. The molecule has 0 saturated carbocycles. The van der Waals surface area contributed by atoms with Crippen molar-refractivity contribution in [2.45, 2.75) is 11.8 Å². The molecule has 0 spiro atoms. The maximum absolute atomic E-state index is 11.0. The van der Waals surface area contributed by atoms with E-state index in [4.69, 9.17) is 15.4 Å². The first kappa shape index (κ1) is 13.9. The fourth-order valence-corrected chi connectivity index (χ4v) is 1.96. The lowest BCUT2D eigenvalue weighted by Crippen LogP contribution is -2.13. The van der Waals surface area contributed by atoms with Gasteiger partial charge in [0.25, 0.3) is 10.1 Å². The van der Waals surface area contributed by atoms with Gasteiger partial charge >= 0.3 is 5.97 Å². The van der Waals surface area contributed by atoms with Gasteiger partial charge in [-0.25, -0.2) is 4.79 Å². The molecule has 9 heteroatoms. The normalized spacial score (nSPS) is 11.0. The van der Waals surface area contributed by atoms with E-state index in [1.54, 1.807) is 0 Å². The molecule has 0 bridgehead atoms. The van der Waals surface area contributed by atoms with Gasteiger partial charge in [0.1, 0.15) is 4.90 Å². The van der Waals surface area contributed by atoms with Crippen LogP contribution in [0.15, 0.2) is 17.0 Å². The summed E-state index contributed by atoms with van der Waals surface area (Å²) >= 11 is 0. The second kappa shape index (κ2) is 4.63. The molecule has 5 N–H and O–H groups in total. The SMILES string of the molecule is CC(=O)Nc1cc(C(=O)O)c(N)c(S(=O)(=O)O)c1. The van der Waals surface area contributed by atoms with Crippen molar-refractivity contribution in [3.8, 4) is 0 Å². The second-order valence-electron chi connectivity index (χ2n) is 3.40. The van der Waals surface area contributed by atoms with Crippen molar-refractivity contribution < 1.29 is 27.7 Å². The summed E-state index contributed by atoms with van der Waals surface area (Å²) in [6.45, 7) is 1.16. The van der Waals surface area contributed by atoms with Gasteiger partial charge in [0.05, 0.1) is 11.3 Å². The van der Waals surface area contributed by atoms with Crippen LogP contribution in [0.25, 0.3) is 0 Å². The van der Waals surface area contributed by atoms with Crippen LogP contribution in [0.5, 0.6) is 0 Å². The van der Waals surface area contributed by atoms with Gasteiger partial charge in [-0.1, -0.05) is 0 Å². The molecule has 0 aliphatic heterocycles. The predicted octanol–water partition coefficient (Wildman–Crippen LogP) is 0.172. The summed E-state index contributed by atoms with van der Waals surface area (Å²) in [7, 11) is -4.69. The third kappa shape index (κ3) is 2.96. The lowest BCUT2D eigenvalue weighted by Gasteiger charge is -2.10. The third-order valence-electron chi connectivity index (χ3n) is 1.97. The van der Waals surface area contributed by atoms with Crippen molar-refractivity contribution in [2.24, 2.45) is 0 Å². The average Bonchev–Trinajstić information content (AvgIpc) is 2.17. The Bertz CT molecular complexity index is 622. The molecule has 0 aliphatic rings. The molecule has 18 heavy (non-hydrogen) atoms. The minimum absolute atomic E-state index is 0.0956. The van der Waals surface area contributed by atoms with Gasteiger partial charge in [0, 0.05) is 12.6 Å². The lowest BCUT2D eigenvalue weighted by atomic mass is 10.1.